The van der Waals surface area contributed by atoms with E-state index in [-0.39, 0.29) is 0 Å². The largest absolute Gasteiger partial charge is 0.464 e. The van der Waals surface area contributed by atoms with Gasteiger partial charge in [0.25, 0.3) is 0 Å². The third-order valence-corrected chi connectivity index (χ3v) is 3.72. The first-order valence-electron chi connectivity index (χ1n) is 6.69. The molecule has 1 aromatic carbocycles. The minimum absolute atomic E-state index is 0.419. The van der Waals surface area contributed by atoms with E-state index in [1.165, 1.54) is 24.0 Å². The summed E-state index contributed by atoms with van der Waals surface area (Å²) in [6.45, 7) is 7.43. The van der Waals surface area contributed by atoms with E-state index in [0.29, 0.717) is 6.04 Å². The molecule has 0 spiro atoms. The molecule has 0 amide bonds. The van der Waals surface area contributed by atoms with E-state index in [1.807, 2.05) is 6.07 Å². The van der Waals surface area contributed by atoms with Gasteiger partial charge in [0, 0.05) is 11.4 Å². The van der Waals surface area contributed by atoms with Gasteiger partial charge >= 0.3 is 0 Å². The molecule has 0 radical (unpaired) electrons. The van der Waals surface area contributed by atoms with Crippen molar-refractivity contribution in [3.05, 3.63) is 42.7 Å². The molecule has 1 atom stereocenters. The highest BCUT2D eigenvalue weighted by atomic mass is 16.3. The van der Waals surface area contributed by atoms with Gasteiger partial charge in [-0.1, -0.05) is 25.6 Å². The summed E-state index contributed by atoms with van der Waals surface area (Å²) >= 11 is 0. The number of rotatable bonds is 5. The van der Waals surface area contributed by atoms with Crippen molar-refractivity contribution in [2.75, 3.05) is 6.54 Å². The molecular formula is C16H19NO. The summed E-state index contributed by atoms with van der Waals surface area (Å²) < 4.78 is 5.46. The monoisotopic (exact) mass is 241 g/mol. The zero-order valence-corrected chi connectivity index (χ0v) is 10.8. The van der Waals surface area contributed by atoms with Crippen molar-refractivity contribution >= 4 is 16.5 Å². The van der Waals surface area contributed by atoms with Crippen molar-refractivity contribution in [3.8, 4) is 0 Å². The minimum atomic E-state index is 0.419. The Labute approximate surface area is 108 Å². The van der Waals surface area contributed by atoms with Crippen LogP contribution in [-0.2, 0) is 0 Å². The fourth-order valence-electron chi connectivity index (χ4n) is 2.56. The number of likely N-dealkylation sites (N-methyl/N-ethyl adjacent to an activating group) is 1. The normalized spacial score (nSPS) is 16.9. The van der Waals surface area contributed by atoms with Crippen molar-refractivity contribution in [1.29, 1.82) is 0 Å². The zero-order valence-electron chi connectivity index (χ0n) is 10.8. The molecule has 1 heterocycles. The Morgan fingerprint density at radius 3 is 3.00 bits per heavy atom. The lowest BCUT2D eigenvalue weighted by atomic mass is 9.96. The summed E-state index contributed by atoms with van der Waals surface area (Å²) in [7, 11) is 0. The molecule has 3 rings (SSSR count). The Morgan fingerprint density at radius 2 is 2.28 bits per heavy atom. The molecule has 1 aliphatic carbocycles. The highest BCUT2D eigenvalue weighted by Gasteiger charge is 2.32. The van der Waals surface area contributed by atoms with Crippen molar-refractivity contribution in [1.82, 2.24) is 5.32 Å². The van der Waals surface area contributed by atoms with E-state index in [0.717, 1.165) is 23.4 Å². The van der Waals surface area contributed by atoms with Gasteiger partial charge in [0.15, 0.2) is 0 Å². The molecule has 2 nitrogen and oxygen atoms in total. The molecule has 0 bridgehead atoms. The van der Waals surface area contributed by atoms with E-state index in [9.17, 15) is 0 Å². The zero-order chi connectivity index (χ0) is 12.5. The van der Waals surface area contributed by atoms with Gasteiger partial charge < -0.3 is 9.73 Å². The number of nitrogens with one attached hydrogen (secondary N) is 1. The summed E-state index contributed by atoms with van der Waals surface area (Å²) in [5, 5.41) is 4.71. The second kappa shape index (κ2) is 4.62. The van der Waals surface area contributed by atoms with Gasteiger partial charge in [0.2, 0.25) is 0 Å². The summed E-state index contributed by atoms with van der Waals surface area (Å²) in [4.78, 5) is 0. The first-order valence-corrected chi connectivity index (χ1v) is 6.69. The van der Waals surface area contributed by atoms with Crippen LogP contribution in [0.25, 0.3) is 16.5 Å². The molecule has 2 heteroatoms. The van der Waals surface area contributed by atoms with Crippen LogP contribution in [0.2, 0.25) is 0 Å². The standard InChI is InChI=1S/C16H19NO/c1-3-17-16(13-5-6-13)11(2)14-7-4-12-8-9-18-15(12)10-14/h4,7-10,13,16-17H,2-3,5-6H2,1H3. The fourth-order valence-corrected chi connectivity index (χ4v) is 2.56. The van der Waals surface area contributed by atoms with E-state index in [2.05, 4.69) is 37.0 Å². The Balaban J connectivity index is 1.89. The van der Waals surface area contributed by atoms with Crippen LogP contribution in [0.4, 0.5) is 0 Å². The van der Waals surface area contributed by atoms with Crippen LogP contribution in [0, 0.1) is 5.92 Å². The SMILES string of the molecule is C=C(c1ccc2ccoc2c1)C(NCC)C1CC1. The number of benzene rings is 1. The van der Waals surface area contributed by atoms with Crippen LogP contribution in [0.15, 0.2) is 41.5 Å². The highest BCUT2D eigenvalue weighted by molar-refractivity contribution is 5.82. The van der Waals surface area contributed by atoms with Gasteiger partial charge in [0.1, 0.15) is 5.58 Å². The third kappa shape index (κ3) is 2.08. The van der Waals surface area contributed by atoms with E-state index in [4.69, 9.17) is 4.42 Å². The Bertz CT molecular complexity index is 565. The Hall–Kier alpha value is -1.54. The lowest BCUT2D eigenvalue weighted by molar-refractivity contribution is 0.571. The molecule has 2 aromatic rings. The van der Waals surface area contributed by atoms with Gasteiger partial charge in [-0.25, -0.2) is 0 Å². The van der Waals surface area contributed by atoms with E-state index >= 15 is 0 Å². The summed E-state index contributed by atoms with van der Waals surface area (Å²) in [5.74, 6) is 0.768. The predicted molar refractivity (Wildman–Crippen MR) is 75.4 cm³/mol. The number of hydrogen-bond donors (Lipinski definition) is 1. The maximum Gasteiger partial charge on any atom is 0.134 e. The van der Waals surface area contributed by atoms with Crippen molar-refractivity contribution < 1.29 is 4.42 Å². The molecule has 1 fully saturated rings. The van der Waals surface area contributed by atoms with Crippen molar-refractivity contribution in [2.45, 2.75) is 25.8 Å². The Kier molecular flexibility index (Phi) is 2.96. The van der Waals surface area contributed by atoms with E-state index < -0.39 is 0 Å². The molecule has 1 N–H and O–H groups in total. The molecule has 1 saturated carbocycles. The lowest BCUT2D eigenvalue weighted by Gasteiger charge is -2.20. The maximum absolute atomic E-state index is 5.46. The van der Waals surface area contributed by atoms with Crippen molar-refractivity contribution in [2.24, 2.45) is 5.92 Å². The van der Waals surface area contributed by atoms with Crippen LogP contribution >= 0.6 is 0 Å². The number of hydrogen-bond acceptors (Lipinski definition) is 2. The first kappa shape index (κ1) is 11.5. The second-order valence-corrected chi connectivity index (χ2v) is 5.07. The summed E-state index contributed by atoms with van der Waals surface area (Å²) in [6.07, 6.45) is 4.37. The van der Waals surface area contributed by atoms with Crippen LogP contribution < -0.4 is 5.32 Å². The lowest BCUT2D eigenvalue weighted by Crippen LogP contribution is -2.31. The quantitative estimate of drug-likeness (QED) is 0.860. The molecule has 0 aliphatic heterocycles. The van der Waals surface area contributed by atoms with Crippen molar-refractivity contribution in [3.63, 3.8) is 0 Å². The molecule has 1 aliphatic rings. The molecular weight excluding hydrogens is 222 g/mol. The van der Waals surface area contributed by atoms with E-state index in [1.54, 1.807) is 6.26 Å². The summed E-state index contributed by atoms with van der Waals surface area (Å²) in [6, 6.07) is 8.76. The third-order valence-electron chi connectivity index (χ3n) is 3.72. The average Bonchev–Trinajstić information content (AvgIpc) is 3.12. The second-order valence-electron chi connectivity index (χ2n) is 5.07. The molecule has 1 unspecified atom stereocenters. The molecule has 18 heavy (non-hydrogen) atoms. The number of furan rings is 1. The average molecular weight is 241 g/mol. The summed E-state index contributed by atoms with van der Waals surface area (Å²) in [5.41, 5.74) is 3.33. The molecule has 94 valence electrons. The van der Waals surface area contributed by atoms with Gasteiger partial charge in [-0.15, -0.1) is 0 Å². The van der Waals surface area contributed by atoms with Crippen LogP contribution in [0.5, 0.6) is 0 Å². The van der Waals surface area contributed by atoms with Gasteiger partial charge in [-0.2, -0.15) is 0 Å². The Morgan fingerprint density at radius 1 is 1.44 bits per heavy atom. The highest BCUT2D eigenvalue weighted by Crippen LogP contribution is 2.38. The van der Waals surface area contributed by atoms with Gasteiger partial charge in [0.05, 0.1) is 6.26 Å². The number of fused-ring (bicyclic) bond motifs is 1. The maximum atomic E-state index is 5.46. The van der Waals surface area contributed by atoms with Crippen LogP contribution in [-0.4, -0.2) is 12.6 Å². The van der Waals surface area contributed by atoms with Gasteiger partial charge in [-0.3, -0.25) is 0 Å². The minimum Gasteiger partial charge on any atom is -0.464 e. The predicted octanol–water partition coefficient (Wildman–Crippen LogP) is 3.83. The topological polar surface area (TPSA) is 25.2 Å². The smallest absolute Gasteiger partial charge is 0.134 e. The fraction of sp³-hybridized carbons (Fsp3) is 0.375. The van der Waals surface area contributed by atoms with Crippen LogP contribution in [0.1, 0.15) is 25.3 Å². The first-order chi connectivity index (χ1) is 8.79. The van der Waals surface area contributed by atoms with Gasteiger partial charge in [-0.05, 0) is 48.6 Å². The molecule has 1 aromatic heterocycles. The van der Waals surface area contributed by atoms with Crippen LogP contribution in [0.3, 0.4) is 0 Å². The molecule has 0 saturated heterocycles.